The van der Waals surface area contributed by atoms with Crippen LogP contribution in [0, 0.1) is 0 Å². The SMILES string of the molecule is CC1(O)CCN(C(=O)c2ccc(=O)[nH]c2)C1. The summed E-state index contributed by atoms with van der Waals surface area (Å²) in [5.41, 5.74) is -0.583. The monoisotopic (exact) mass is 222 g/mol. The number of nitrogens with zero attached hydrogens (tertiary/aromatic N) is 1. The first-order valence-electron chi connectivity index (χ1n) is 5.18. The lowest BCUT2D eigenvalue weighted by molar-refractivity contribution is 0.0572. The van der Waals surface area contributed by atoms with Gasteiger partial charge in [-0.3, -0.25) is 9.59 Å². The van der Waals surface area contributed by atoms with Gasteiger partial charge in [-0.15, -0.1) is 0 Å². The Balaban J connectivity index is 2.15. The maximum absolute atomic E-state index is 11.9. The van der Waals surface area contributed by atoms with Crippen LogP contribution < -0.4 is 5.56 Å². The van der Waals surface area contributed by atoms with E-state index in [4.69, 9.17) is 0 Å². The fourth-order valence-corrected chi connectivity index (χ4v) is 1.84. The van der Waals surface area contributed by atoms with Crippen LogP contribution in [-0.4, -0.2) is 39.6 Å². The molecule has 2 rings (SSSR count). The molecule has 1 unspecified atom stereocenters. The Kier molecular flexibility index (Phi) is 2.55. The van der Waals surface area contributed by atoms with E-state index in [0.717, 1.165) is 0 Å². The van der Waals surface area contributed by atoms with Gasteiger partial charge in [-0.1, -0.05) is 0 Å². The summed E-state index contributed by atoms with van der Waals surface area (Å²) in [7, 11) is 0. The highest BCUT2D eigenvalue weighted by Gasteiger charge is 2.34. The largest absolute Gasteiger partial charge is 0.388 e. The predicted molar refractivity (Wildman–Crippen MR) is 58.2 cm³/mol. The van der Waals surface area contributed by atoms with Gasteiger partial charge in [-0.25, -0.2) is 0 Å². The molecule has 1 aliphatic heterocycles. The van der Waals surface area contributed by atoms with E-state index >= 15 is 0 Å². The van der Waals surface area contributed by atoms with Crippen LogP contribution >= 0.6 is 0 Å². The third-order valence-electron chi connectivity index (χ3n) is 2.77. The third kappa shape index (κ3) is 2.14. The fraction of sp³-hybridized carbons (Fsp3) is 0.455. The van der Waals surface area contributed by atoms with E-state index in [1.807, 2.05) is 0 Å². The zero-order valence-corrected chi connectivity index (χ0v) is 9.06. The zero-order valence-electron chi connectivity index (χ0n) is 9.06. The molecule has 5 nitrogen and oxygen atoms in total. The summed E-state index contributed by atoms with van der Waals surface area (Å²) in [6, 6.07) is 2.82. The van der Waals surface area contributed by atoms with Crippen LogP contribution in [0.15, 0.2) is 23.1 Å². The maximum atomic E-state index is 11.9. The molecular weight excluding hydrogens is 208 g/mol. The number of nitrogens with one attached hydrogen (secondary N) is 1. The lowest BCUT2D eigenvalue weighted by Crippen LogP contribution is -2.34. The molecule has 0 spiro atoms. The Morgan fingerprint density at radius 1 is 1.56 bits per heavy atom. The first-order chi connectivity index (χ1) is 7.48. The lowest BCUT2D eigenvalue weighted by Gasteiger charge is -2.18. The summed E-state index contributed by atoms with van der Waals surface area (Å²) >= 11 is 0. The van der Waals surface area contributed by atoms with Crippen LogP contribution in [-0.2, 0) is 0 Å². The minimum absolute atomic E-state index is 0.158. The number of hydrogen-bond acceptors (Lipinski definition) is 3. The molecule has 0 saturated carbocycles. The quantitative estimate of drug-likeness (QED) is 0.701. The van der Waals surface area contributed by atoms with Gasteiger partial charge in [-0.05, 0) is 19.4 Å². The number of carbonyl (C=O) groups excluding carboxylic acids is 1. The van der Waals surface area contributed by atoms with Crippen molar-refractivity contribution in [3.63, 3.8) is 0 Å². The summed E-state index contributed by atoms with van der Waals surface area (Å²) in [4.78, 5) is 26.8. The van der Waals surface area contributed by atoms with Crippen LogP contribution in [0.25, 0.3) is 0 Å². The number of aliphatic hydroxyl groups is 1. The average molecular weight is 222 g/mol. The Bertz CT molecular complexity index is 444. The summed E-state index contributed by atoms with van der Waals surface area (Å²) in [6.07, 6.45) is 1.99. The molecule has 1 atom stereocenters. The molecule has 1 saturated heterocycles. The van der Waals surface area contributed by atoms with Crippen molar-refractivity contribution in [1.82, 2.24) is 9.88 Å². The molecule has 2 heterocycles. The molecule has 1 aromatic rings. The highest BCUT2D eigenvalue weighted by molar-refractivity contribution is 5.94. The van der Waals surface area contributed by atoms with Crippen molar-refractivity contribution in [2.45, 2.75) is 18.9 Å². The number of rotatable bonds is 1. The molecule has 16 heavy (non-hydrogen) atoms. The number of pyridine rings is 1. The van der Waals surface area contributed by atoms with Crippen molar-refractivity contribution in [2.75, 3.05) is 13.1 Å². The number of H-pyrrole nitrogens is 1. The molecule has 0 aliphatic carbocycles. The van der Waals surface area contributed by atoms with Crippen LogP contribution in [0.5, 0.6) is 0 Å². The first kappa shape index (κ1) is 10.9. The number of amides is 1. The molecule has 0 radical (unpaired) electrons. The minimum Gasteiger partial charge on any atom is -0.388 e. The molecule has 1 aliphatic rings. The van der Waals surface area contributed by atoms with Gasteiger partial charge in [0, 0.05) is 25.4 Å². The number of aromatic amines is 1. The predicted octanol–water partition coefficient (Wildman–Crippen LogP) is -0.0282. The highest BCUT2D eigenvalue weighted by Crippen LogP contribution is 2.21. The van der Waals surface area contributed by atoms with Gasteiger partial charge in [0.05, 0.1) is 11.2 Å². The second kappa shape index (κ2) is 3.75. The normalized spacial score (nSPS) is 24.8. The van der Waals surface area contributed by atoms with Crippen LogP contribution in [0.2, 0.25) is 0 Å². The van der Waals surface area contributed by atoms with Gasteiger partial charge in [-0.2, -0.15) is 0 Å². The van der Waals surface area contributed by atoms with Gasteiger partial charge in [0.1, 0.15) is 0 Å². The van der Waals surface area contributed by atoms with Gasteiger partial charge in [0.2, 0.25) is 5.56 Å². The molecule has 0 bridgehead atoms. The molecular formula is C11H14N2O3. The van der Waals surface area contributed by atoms with Crippen molar-refractivity contribution < 1.29 is 9.90 Å². The number of aromatic nitrogens is 1. The first-order valence-corrected chi connectivity index (χ1v) is 5.18. The Morgan fingerprint density at radius 2 is 2.31 bits per heavy atom. The van der Waals surface area contributed by atoms with E-state index in [9.17, 15) is 14.7 Å². The summed E-state index contributed by atoms with van der Waals surface area (Å²) in [5.74, 6) is -0.158. The molecule has 1 aromatic heterocycles. The zero-order chi connectivity index (χ0) is 11.8. The van der Waals surface area contributed by atoms with Gasteiger partial charge in [0.25, 0.3) is 5.91 Å². The van der Waals surface area contributed by atoms with Crippen LogP contribution in [0.3, 0.4) is 0 Å². The Hall–Kier alpha value is -1.62. The van der Waals surface area contributed by atoms with Crippen molar-refractivity contribution in [2.24, 2.45) is 0 Å². The third-order valence-corrected chi connectivity index (χ3v) is 2.77. The fourth-order valence-electron chi connectivity index (χ4n) is 1.84. The molecule has 2 N–H and O–H groups in total. The molecule has 1 fully saturated rings. The van der Waals surface area contributed by atoms with Crippen molar-refractivity contribution >= 4 is 5.91 Å². The summed E-state index contributed by atoms with van der Waals surface area (Å²) < 4.78 is 0. The smallest absolute Gasteiger partial charge is 0.255 e. The van der Waals surface area contributed by atoms with Crippen LogP contribution in [0.4, 0.5) is 0 Å². The van der Waals surface area contributed by atoms with E-state index in [-0.39, 0.29) is 11.5 Å². The highest BCUT2D eigenvalue weighted by atomic mass is 16.3. The number of likely N-dealkylation sites (tertiary alicyclic amines) is 1. The standard InChI is InChI=1S/C11H14N2O3/c1-11(16)4-5-13(7-11)10(15)8-2-3-9(14)12-6-8/h2-3,6,16H,4-5,7H2,1H3,(H,12,14). The van der Waals surface area contributed by atoms with Crippen molar-refractivity contribution in [3.8, 4) is 0 Å². The van der Waals surface area contributed by atoms with Gasteiger partial charge >= 0.3 is 0 Å². The molecule has 86 valence electrons. The molecule has 0 aromatic carbocycles. The second-order valence-electron chi connectivity index (χ2n) is 4.42. The van der Waals surface area contributed by atoms with E-state index < -0.39 is 5.60 Å². The number of carbonyl (C=O) groups is 1. The molecule has 5 heteroatoms. The van der Waals surface area contributed by atoms with Crippen molar-refractivity contribution in [1.29, 1.82) is 0 Å². The van der Waals surface area contributed by atoms with Crippen molar-refractivity contribution in [3.05, 3.63) is 34.2 Å². The Morgan fingerprint density at radius 3 is 2.81 bits per heavy atom. The topological polar surface area (TPSA) is 73.4 Å². The van der Waals surface area contributed by atoms with E-state index in [1.54, 1.807) is 11.8 Å². The summed E-state index contributed by atoms with van der Waals surface area (Å²) in [5, 5.41) is 9.75. The molecule has 1 amide bonds. The number of β-amino-alcohol motifs (C(OH)–C–C–N with tert-alkyl or cyclic N) is 1. The van der Waals surface area contributed by atoms with E-state index in [2.05, 4.69) is 4.98 Å². The maximum Gasteiger partial charge on any atom is 0.255 e. The lowest BCUT2D eigenvalue weighted by atomic mass is 10.1. The van der Waals surface area contributed by atoms with E-state index in [1.165, 1.54) is 18.3 Å². The Labute approximate surface area is 92.7 Å². The van der Waals surface area contributed by atoms with Gasteiger partial charge in [0.15, 0.2) is 0 Å². The number of hydrogen-bond donors (Lipinski definition) is 2. The average Bonchev–Trinajstić information content (AvgIpc) is 2.59. The summed E-state index contributed by atoms with van der Waals surface area (Å²) in [6.45, 7) is 2.60. The van der Waals surface area contributed by atoms with E-state index in [0.29, 0.717) is 25.1 Å². The van der Waals surface area contributed by atoms with Crippen LogP contribution in [0.1, 0.15) is 23.7 Å². The minimum atomic E-state index is -0.794. The van der Waals surface area contributed by atoms with Gasteiger partial charge < -0.3 is 15.0 Å². The second-order valence-corrected chi connectivity index (χ2v) is 4.42.